The molecule has 1 saturated heterocycles. The summed E-state index contributed by atoms with van der Waals surface area (Å²) in [5.41, 5.74) is 2.70. The zero-order valence-electron chi connectivity index (χ0n) is 14.7. The minimum atomic E-state index is 0.0850. The number of hydrogen-bond donors (Lipinski definition) is 2. The molecule has 1 unspecified atom stereocenters. The fraction of sp³-hybridized carbons (Fsp3) is 0.429. The predicted octanol–water partition coefficient (Wildman–Crippen LogP) is 2.10. The lowest BCUT2D eigenvalue weighted by atomic mass is 9.83. The number of nitrogens with zero attached hydrogens (tertiary/aromatic N) is 1. The highest BCUT2D eigenvalue weighted by atomic mass is 16.5. The second-order valence-corrected chi connectivity index (χ2v) is 6.44. The number of piperazine rings is 1. The van der Waals surface area contributed by atoms with Gasteiger partial charge in [-0.15, -0.1) is 0 Å². The summed E-state index contributed by atoms with van der Waals surface area (Å²) in [6.45, 7) is 5.04. The predicted molar refractivity (Wildman–Crippen MR) is 101 cm³/mol. The highest BCUT2D eigenvalue weighted by molar-refractivity contribution is 5.34. The average Bonchev–Trinajstić information content (AvgIpc) is 2.68. The van der Waals surface area contributed by atoms with Gasteiger partial charge in [0.15, 0.2) is 0 Å². The fourth-order valence-electron chi connectivity index (χ4n) is 3.68. The molecule has 25 heavy (non-hydrogen) atoms. The van der Waals surface area contributed by atoms with Crippen LogP contribution in [0.3, 0.4) is 0 Å². The van der Waals surface area contributed by atoms with E-state index >= 15 is 0 Å². The number of hydrogen-bond acceptors (Lipinski definition) is 4. The average molecular weight is 340 g/mol. The molecular weight excluding hydrogens is 312 g/mol. The Morgan fingerprint density at radius 1 is 1.00 bits per heavy atom. The third-order valence-corrected chi connectivity index (χ3v) is 4.86. The standard InChI is InChI=1S/C21H28N2O2/c24-14-16-25-15-13-23-12-11-22-17-20(23)21(18-7-3-1-4-8-18)19-9-5-2-6-10-19/h1-10,20-22,24H,11-17H2. The summed E-state index contributed by atoms with van der Waals surface area (Å²) in [5, 5.41) is 12.5. The second-order valence-electron chi connectivity index (χ2n) is 6.44. The van der Waals surface area contributed by atoms with E-state index in [2.05, 4.69) is 70.9 Å². The van der Waals surface area contributed by atoms with Crippen molar-refractivity contribution >= 4 is 0 Å². The van der Waals surface area contributed by atoms with Crippen LogP contribution in [-0.4, -0.2) is 62.0 Å². The number of rotatable bonds is 8. The van der Waals surface area contributed by atoms with Crippen molar-refractivity contribution in [2.24, 2.45) is 0 Å². The number of ether oxygens (including phenoxy) is 1. The molecule has 4 heteroatoms. The minimum Gasteiger partial charge on any atom is -0.394 e. The third kappa shape index (κ3) is 4.89. The lowest BCUT2D eigenvalue weighted by Crippen LogP contribution is -2.54. The van der Waals surface area contributed by atoms with E-state index in [1.165, 1.54) is 11.1 Å². The topological polar surface area (TPSA) is 44.7 Å². The van der Waals surface area contributed by atoms with Crippen LogP contribution in [0.25, 0.3) is 0 Å². The summed E-state index contributed by atoms with van der Waals surface area (Å²) in [4.78, 5) is 2.53. The summed E-state index contributed by atoms with van der Waals surface area (Å²) in [6.07, 6.45) is 0. The van der Waals surface area contributed by atoms with Crippen LogP contribution < -0.4 is 5.32 Å². The Bertz CT molecular complexity index is 566. The molecule has 0 radical (unpaired) electrons. The smallest absolute Gasteiger partial charge is 0.0698 e. The van der Waals surface area contributed by atoms with Crippen LogP contribution in [0, 0.1) is 0 Å². The second kappa shape index (κ2) is 9.68. The fourth-order valence-corrected chi connectivity index (χ4v) is 3.68. The van der Waals surface area contributed by atoms with E-state index in [-0.39, 0.29) is 6.61 Å². The van der Waals surface area contributed by atoms with E-state index in [1.54, 1.807) is 0 Å². The van der Waals surface area contributed by atoms with E-state index < -0.39 is 0 Å². The molecule has 1 atom stereocenters. The first-order valence-electron chi connectivity index (χ1n) is 9.13. The molecule has 1 aliphatic heterocycles. The van der Waals surface area contributed by atoms with Crippen molar-refractivity contribution in [2.45, 2.75) is 12.0 Å². The lowest BCUT2D eigenvalue weighted by molar-refractivity contribution is 0.0539. The van der Waals surface area contributed by atoms with Gasteiger partial charge in [0.05, 0.1) is 19.8 Å². The molecule has 0 saturated carbocycles. The minimum absolute atomic E-state index is 0.0850. The van der Waals surface area contributed by atoms with Gasteiger partial charge in [-0.3, -0.25) is 4.90 Å². The van der Waals surface area contributed by atoms with E-state index in [4.69, 9.17) is 9.84 Å². The zero-order valence-corrected chi connectivity index (χ0v) is 14.7. The van der Waals surface area contributed by atoms with Gasteiger partial charge in [0.25, 0.3) is 0 Å². The van der Waals surface area contributed by atoms with Crippen LogP contribution in [0.2, 0.25) is 0 Å². The molecule has 1 aliphatic rings. The normalized spacial score (nSPS) is 18.6. The molecule has 0 aliphatic carbocycles. The molecule has 4 nitrogen and oxygen atoms in total. The van der Waals surface area contributed by atoms with Crippen molar-refractivity contribution < 1.29 is 9.84 Å². The SMILES string of the molecule is OCCOCCN1CCNCC1C(c1ccccc1)c1ccccc1. The van der Waals surface area contributed by atoms with Crippen molar-refractivity contribution in [1.82, 2.24) is 10.2 Å². The first-order chi connectivity index (χ1) is 12.4. The maximum absolute atomic E-state index is 8.89. The molecule has 2 N–H and O–H groups in total. The summed E-state index contributed by atoms with van der Waals surface area (Å²) >= 11 is 0. The quantitative estimate of drug-likeness (QED) is 0.723. The largest absolute Gasteiger partial charge is 0.394 e. The molecule has 1 heterocycles. The summed E-state index contributed by atoms with van der Waals surface area (Å²) in [7, 11) is 0. The van der Waals surface area contributed by atoms with Crippen LogP contribution in [-0.2, 0) is 4.74 Å². The van der Waals surface area contributed by atoms with Gasteiger partial charge in [0.1, 0.15) is 0 Å². The third-order valence-electron chi connectivity index (χ3n) is 4.86. The Morgan fingerprint density at radius 2 is 1.64 bits per heavy atom. The van der Waals surface area contributed by atoms with Crippen molar-refractivity contribution in [1.29, 1.82) is 0 Å². The summed E-state index contributed by atoms with van der Waals surface area (Å²) in [5.74, 6) is 0.327. The molecule has 0 amide bonds. The molecule has 3 rings (SSSR count). The number of aliphatic hydroxyl groups excluding tert-OH is 1. The van der Waals surface area contributed by atoms with Crippen LogP contribution in [0.5, 0.6) is 0 Å². The van der Waals surface area contributed by atoms with Crippen LogP contribution in [0.15, 0.2) is 60.7 Å². The van der Waals surface area contributed by atoms with Gasteiger partial charge in [-0.2, -0.15) is 0 Å². The van der Waals surface area contributed by atoms with Crippen molar-refractivity contribution in [3.05, 3.63) is 71.8 Å². The molecular formula is C21H28N2O2. The number of aliphatic hydroxyl groups is 1. The van der Waals surface area contributed by atoms with E-state index in [0.717, 1.165) is 26.2 Å². The van der Waals surface area contributed by atoms with E-state index in [9.17, 15) is 0 Å². The molecule has 2 aromatic carbocycles. The Labute approximate surface area is 150 Å². The van der Waals surface area contributed by atoms with Crippen molar-refractivity contribution in [3.63, 3.8) is 0 Å². The van der Waals surface area contributed by atoms with Gasteiger partial charge >= 0.3 is 0 Å². The van der Waals surface area contributed by atoms with Gasteiger partial charge in [0, 0.05) is 38.1 Å². The molecule has 0 bridgehead atoms. The lowest BCUT2D eigenvalue weighted by Gasteiger charge is -2.41. The molecule has 2 aromatic rings. The first kappa shape index (κ1) is 18.1. The zero-order chi connectivity index (χ0) is 17.3. The maximum atomic E-state index is 8.89. The first-order valence-corrected chi connectivity index (χ1v) is 9.13. The summed E-state index contributed by atoms with van der Waals surface area (Å²) in [6, 6.07) is 21.9. The van der Waals surface area contributed by atoms with Gasteiger partial charge in [-0.05, 0) is 11.1 Å². The highest BCUT2D eigenvalue weighted by Gasteiger charge is 2.31. The molecule has 0 aromatic heterocycles. The van der Waals surface area contributed by atoms with Gasteiger partial charge in [-0.25, -0.2) is 0 Å². The van der Waals surface area contributed by atoms with Crippen LogP contribution in [0.1, 0.15) is 17.0 Å². The Kier molecular flexibility index (Phi) is 7.00. The van der Waals surface area contributed by atoms with Crippen LogP contribution >= 0.6 is 0 Å². The monoisotopic (exact) mass is 340 g/mol. The number of nitrogens with one attached hydrogen (secondary N) is 1. The van der Waals surface area contributed by atoms with E-state index in [1.807, 2.05) is 0 Å². The van der Waals surface area contributed by atoms with Gasteiger partial charge in [0.2, 0.25) is 0 Å². The summed E-state index contributed by atoms with van der Waals surface area (Å²) < 4.78 is 5.51. The van der Waals surface area contributed by atoms with Gasteiger partial charge < -0.3 is 15.2 Å². The Balaban J connectivity index is 1.82. The maximum Gasteiger partial charge on any atom is 0.0698 e. The van der Waals surface area contributed by atoms with Gasteiger partial charge in [-0.1, -0.05) is 60.7 Å². The van der Waals surface area contributed by atoms with E-state index in [0.29, 0.717) is 25.2 Å². The number of benzene rings is 2. The Hall–Kier alpha value is -1.72. The molecule has 0 spiro atoms. The molecule has 1 fully saturated rings. The van der Waals surface area contributed by atoms with Crippen molar-refractivity contribution in [2.75, 3.05) is 46.0 Å². The molecule has 134 valence electrons. The highest BCUT2D eigenvalue weighted by Crippen LogP contribution is 2.31. The van der Waals surface area contributed by atoms with Crippen molar-refractivity contribution in [3.8, 4) is 0 Å². The Morgan fingerprint density at radius 3 is 2.24 bits per heavy atom. The van der Waals surface area contributed by atoms with Crippen LogP contribution in [0.4, 0.5) is 0 Å².